The Labute approximate surface area is 133 Å². The summed E-state index contributed by atoms with van der Waals surface area (Å²) in [4.78, 5) is 22.3. The van der Waals surface area contributed by atoms with Crippen molar-refractivity contribution in [2.24, 2.45) is 0 Å². The minimum absolute atomic E-state index is 0.00600. The number of hydrogen-bond donors (Lipinski definition) is 2. The number of nitriles is 1. The number of rotatable bonds is 7. The number of sulfonamides is 1. The fraction of sp³-hybridized carbons (Fsp3) is 0.214. The van der Waals surface area contributed by atoms with Crippen LogP contribution in [0.3, 0.4) is 0 Å². The van der Waals surface area contributed by atoms with Gasteiger partial charge in [-0.3, -0.25) is 9.59 Å². The van der Waals surface area contributed by atoms with Crippen molar-refractivity contribution in [1.82, 2.24) is 10.0 Å². The van der Waals surface area contributed by atoms with E-state index < -0.39 is 35.1 Å². The molecule has 0 aliphatic carbocycles. The molecule has 0 saturated carbocycles. The van der Waals surface area contributed by atoms with Crippen molar-refractivity contribution >= 4 is 21.9 Å². The van der Waals surface area contributed by atoms with Crippen molar-refractivity contribution in [1.29, 1.82) is 5.26 Å². The molecule has 0 fully saturated rings. The maximum Gasteiger partial charge on any atom is 0.321 e. The van der Waals surface area contributed by atoms with Crippen molar-refractivity contribution in [3.63, 3.8) is 0 Å². The highest BCUT2D eigenvalue weighted by Gasteiger charge is 2.19. The lowest BCUT2D eigenvalue weighted by Crippen LogP contribution is -2.34. The number of amides is 1. The van der Waals surface area contributed by atoms with E-state index in [1.54, 1.807) is 6.07 Å². The SMILES string of the molecule is C#CCNC(=O)COC(=O)CNS(=O)(=O)c1ccccc1C#N. The fourth-order valence-corrected chi connectivity index (χ4v) is 2.55. The summed E-state index contributed by atoms with van der Waals surface area (Å²) in [5.41, 5.74) is -0.0537. The van der Waals surface area contributed by atoms with Gasteiger partial charge in [0.1, 0.15) is 12.6 Å². The van der Waals surface area contributed by atoms with Gasteiger partial charge in [0.15, 0.2) is 6.61 Å². The average molecular weight is 335 g/mol. The molecular weight excluding hydrogens is 322 g/mol. The van der Waals surface area contributed by atoms with Gasteiger partial charge in [0.2, 0.25) is 10.0 Å². The maximum absolute atomic E-state index is 12.0. The summed E-state index contributed by atoms with van der Waals surface area (Å²) in [5, 5.41) is 11.2. The van der Waals surface area contributed by atoms with E-state index in [2.05, 4.69) is 16.0 Å². The standard InChI is InChI=1S/C14H13N3O5S/c1-2-7-16-13(18)10-22-14(19)9-17-23(20,21)12-6-4-3-5-11(12)8-15/h1,3-6,17H,7,9-10H2,(H,16,18). The first-order valence-electron chi connectivity index (χ1n) is 6.25. The first kappa shape index (κ1) is 18.2. The second kappa shape index (κ2) is 8.54. The molecule has 0 spiro atoms. The van der Waals surface area contributed by atoms with Crippen LogP contribution >= 0.6 is 0 Å². The Balaban J connectivity index is 2.57. The molecule has 0 saturated heterocycles. The highest BCUT2D eigenvalue weighted by Crippen LogP contribution is 2.13. The van der Waals surface area contributed by atoms with Gasteiger partial charge in [-0.05, 0) is 12.1 Å². The summed E-state index contributed by atoms with van der Waals surface area (Å²) in [6.45, 7) is -1.25. The molecule has 1 aromatic carbocycles. The number of hydrogen-bond acceptors (Lipinski definition) is 6. The highest BCUT2D eigenvalue weighted by atomic mass is 32.2. The molecule has 0 radical (unpaired) electrons. The van der Waals surface area contributed by atoms with E-state index in [4.69, 9.17) is 11.7 Å². The van der Waals surface area contributed by atoms with Gasteiger partial charge in [0.25, 0.3) is 5.91 Å². The van der Waals surface area contributed by atoms with Crippen LogP contribution in [0.25, 0.3) is 0 Å². The Morgan fingerprint density at radius 3 is 2.65 bits per heavy atom. The third-order valence-corrected chi connectivity index (χ3v) is 3.91. The van der Waals surface area contributed by atoms with E-state index in [1.807, 2.05) is 4.72 Å². The van der Waals surface area contributed by atoms with E-state index in [1.165, 1.54) is 24.3 Å². The predicted octanol–water partition coefficient (Wildman–Crippen LogP) is -0.871. The Morgan fingerprint density at radius 2 is 2.00 bits per heavy atom. The Hall–Kier alpha value is -2.88. The lowest BCUT2D eigenvalue weighted by atomic mass is 10.2. The molecule has 9 heteroatoms. The number of terminal acetylenes is 1. The molecule has 8 nitrogen and oxygen atoms in total. The molecule has 120 valence electrons. The first-order chi connectivity index (χ1) is 10.9. The summed E-state index contributed by atoms with van der Waals surface area (Å²) < 4.78 is 30.6. The molecule has 0 unspecified atom stereocenters. The summed E-state index contributed by atoms with van der Waals surface area (Å²) in [6.07, 6.45) is 4.94. The van der Waals surface area contributed by atoms with E-state index >= 15 is 0 Å². The average Bonchev–Trinajstić information content (AvgIpc) is 2.56. The highest BCUT2D eigenvalue weighted by molar-refractivity contribution is 7.89. The minimum Gasteiger partial charge on any atom is -0.455 e. The van der Waals surface area contributed by atoms with Crippen LogP contribution in [0.15, 0.2) is 29.2 Å². The monoisotopic (exact) mass is 335 g/mol. The van der Waals surface area contributed by atoms with Gasteiger partial charge in [-0.25, -0.2) is 8.42 Å². The van der Waals surface area contributed by atoms with Crippen LogP contribution in [-0.4, -0.2) is 40.0 Å². The number of nitrogens with zero attached hydrogens (tertiary/aromatic N) is 1. The number of esters is 1. The van der Waals surface area contributed by atoms with Gasteiger partial charge < -0.3 is 10.1 Å². The number of ether oxygens (including phenoxy) is 1. The molecule has 0 atom stereocenters. The predicted molar refractivity (Wildman–Crippen MR) is 79.1 cm³/mol. The van der Waals surface area contributed by atoms with Gasteiger partial charge in [0, 0.05) is 0 Å². The molecular formula is C14H13N3O5S. The Kier molecular flexibility index (Phi) is 6.74. The lowest BCUT2D eigenvalue weighted by Gasteiger charge is -2.08. The molecule has 0 aliphatic heterocycles. The van der Waals surface area contributed by atoms with Crippen molar-refractivity contribution in [3.05, 3.63) is 29.8 Å². The molecule has 2 N–H and O–H groups in total. The smallest absolute Gasteiger partial charge is 0.321 e. The van der Waals surface area contributed by atoms with Crippen LogP contribution in [-0.2, 0) is 24.3 Å². The van der Waals surface area contributed by atoms with Crippen molar-refractivity contribution in [3.8, 4) is 18.4 Å². The fourth-order valence-electron chi connectivity index (χ4n) is 1.42. The normalized spacial score (nSPS) is 10.2. The van der Waals surface area contributed by atoms with E-state index in [0.717, 1.165) is 0 Å². The van der Waals surface area contributed by atoms with Crippen LogP contribution in [0.4, 0.5) is 0 Å². The number of carbonyl (C=O) groups is 2. The summed E-state index contributed by atoms with van der Waals surface area (Å²) in [5.74, 6) is 0.622. The Morgan fingerprint density at radius 1 is 1.30 bits per heavy atom. The summed E-state index contributed by atoms with van der Waals surface area (Å²) >= 11 is 0. The summed E-state index contributed by atoms with van der Waals surface area (Å²) in [7, 11) is -4.05. The molecule has 0 heterocycles. The zero-order valence-electron chi connectivity index (χ0n) is 11.9. The molecule has 0 bridgehead atoms. The van der Waals surface area contributed by atoms with Crippen molar-refractivity contribution in [2.75, 3.05) is 19.7 Å². The molecule has 1 rings (SSSR count). The van der Waals surface area contributed by atoms with Crippen LogP contribution in [0.1, 0.15) is 5.56 Å². The second-order valence-electron chi connectivity index (χ2n) is 4.07. The van der Waals surface area contributed by atoms with Crippen LogP contribution in [0.5, 0.6) is 0 Å². The summed E-state index contributed by atoms with van der Waals surface area (Å²) in [6, 6.07) is 7.28. The first-order valence-corrected chi connectivity index (χ1v) is 7.73. The maximum atomic E-state index is 12.0. The lowest BCUT2D eigenvalue weighted by molar-refractivity contribution is -0.147. The molecule has 1 aromatic rings. The largest absolute Gasteiger partial charge is 0.455 e. The zero-order chi connectivity index (χ0) is 17.3. The number of nitrogens with one attached hydrogen (secondary N) is 2. The van der Waals surface area contributed by atoms with Gasteiger partial charge in [-0.2, -0.15) is 9.98 Å². The van der Waals surface area contributed by atoms with Gasteiger partial charge in [-0.15, -0.1) is 6.42 Å². The number of benzene rings is 1. The van der Waals surface area contributed by atoms with Gasteiger partial charge >= 0.3 is 5.97 Å². The molecule has 1 amide bonds. The topological polar surface area (TPSA) is 125 Å². The van der Waals surface area contributed by atoms with Crippen molar-refractivity contribution in [2.45, 2.75) is 4.90 Å². The molecule has 0 aromatic heterocycles. The third kappa shape index (κ3) is 5.79. The van der Waals surface area contributed by atoms with E-state index in [9.17, 15) is 18.0 Å². The third-order valence-electron chi connectivity index (χ3n) is 2.46. The van der Waals surface area contributed by atoms with Gasteiger partial charge in [-0.1, -0.05) is 18.1 Å². The van der Waals surface area contributed by atoms with Crippen LogP contribution in [0.2, 0.25) is 0 Å². The van der Waals surface area contributed by atoms with Crippen LogP contribution in [0, 0.1) is 23.7 Å². The van der Waals surface area contributed by atoms with E-state index in [0.29, 0.717) is 0 Å². The Bertz CT molecular complexity index is 774. The number of carbonyl (C=O) groups excluding carboxylic acids is 2. The van der Waals surface area contributed by atoms with Gasteiger partial charge in [0.05, 0.1) is 17.0 Å². The van der Waals surface area contributed by atoms with E-state index in [-0.39, 0.29) is 17.0 Å². The minimum atomic E-state index is -4.05. The second-order valence-corrected chi connectivity index (χ2v) is 5.81. The molecule has 23 heavy (non-hydrogen) atoms. The van der Waals surface area contributed by atoms with Crippen molar-refractivity contribution < 1.29 is 22.7 Å². The van der Waals surface area contributed by atoms with Crippen LogP contribution < -0.4 is 10.0 Å². The molecule has 0 aliphatic rings. The quantitative estimate of drug-likeness (QED) is 0.493. The zero-order valence-corrected chi connectivity index (χ0v) is 12.7.